The van der Waals surface area contributed by atoms with Crippen LogP contribution in [0.5, 0.6) is 0 Å². The van der Waals surface area contributed by atoms with Crippen LogP contribution in [0.25, 0.3) is 5.57 Å². The fourth-order valence-electron chi connectivity index (χ4n) is 3.97. The van der Waals surface area contributed by atoms with E-state index in [4.69, 9.17) is 0 Å². The molecule has 1 unspecified atom stereocenters. The summed E-state index contributed by atoms with van der Waals surface area (Å²) in [7, 11) is 0. The molecule has 0 aliphatic carbocycles. The zero-order chi connectivity index (χ0) is 23.2. The summed E-state index contributed by atoms with van der Waals surface area (Å²) < 4.78 is 0. The summed E-state index contributed by atoms with van der Waals surface area (Å²) in [5.74, 6) is 0. The first-order valence-corrected chi connectivity index (χ1v) is 11.3. The molecule has 1 aliphatic rings. The van der Waals surface area contributed by atoms with Crippen LogP contribution >= 0.6 is 0 Å². The largest absolute Gasteiger partial charge is 0.395 e. The summed E-state index contributed by atoms with van der Waals surface area (Å²) in [6.45, 7) is 8.14. The van der Waals surface area contributed by atoms with E-state index >= 15 is 0 Å². The number of nitrogens with zero attached hydrogens (tertiary/aromatic N) is 4. The van der Waals surface area contributed by atoms with E-state index in [-0.39, 0.29) is 18.7 Å². The fourth-order valence-corrected chi connectivity index (χ4v) is 3.97. The van der Waals surface area contributed by atoms with Crippen molar-refractivity contribution in [2.45, 2.75) is 57.5 Å². The third-order valence-electron chi connectivity index (χ3n) is 5.87. The van der Waals surface area contributed by atoms with Gasteiger partial charge < -0.3 is 10.4 Å². The molecule has 2 atom stereocenters. The van der Waals surface area contributed by atoms with Crippen LogP contribution in [0.2, 0.25) is 0 Å². The summed E-state index contributed by atoms with van der Waals surface area (Å²) in [6.07, 6.45) is 10.6. The molecule has 32 heavy (non-hydrogen) atoms. The molecule has 174 valence electrons. The van der Waals surface area contributed by atoms with Gasteiger partial charge in [0.1, 0.15) is 5.69 Å². The molecule has 1 saturated heterocycles. The van der Waals surface area contributed by atoms with Gasteiger partial charge in [0.05, 0.1) is 18.3 Å². The highest BCUT2D eigenvalue weighted by Gasteiger charge is 2.27. The lowest BCUT2D eigenvalue weighted by Gasteiger charge is -2.36. The first kappa shape index (κ1) is 25.5. The van der Waals surface area contributed by atoms with Gasteiger partial charge in [-0.2, -0.15) is 4.91 Å². The Bertz CT molecular complexity index is 809. The van der Waals surface area contributed by atoms with Crippen molar-refractivity contribution in [2.75, 3.05) is 31.6 Å². The van der Waals surface area contributed by atoms with Gasteiger partial charge in [0.25, 0.3) is 0 Å². The topological polar surface area (TPSA) is 107 Å². The van der Waals surface area contributed by atoms with Crippen molar-refractivity contribution in [2.24, 2.45) is 15.3 Å². The third kappa shape index (κ3) is 8.09. The number of allylic oxidation sites excluding steroid dienone is 2. The standard InChI is InChI=1S/C24H35N5O3/c1-3-11-25-17-19(2)20-8-9-23(24(15-20)28-32)26-12-6-4-5-7-13-29-14-10-21(27-31)16-22(29)18-30/h3,8-9,11,15,17,21-22,26,30H,1,4-7,10,12-14,16,18H2,2H3/b19-17+,25-11-/t21?,22-/m0/s1. The second-order valence-corrected chi connectivity index (χ2v) is 8.17. The Hall–Kier alpha value is -2.71. The molecule has 1 aromatic carbocycles. The molecule has 0 aromatic heterocycles. The predicted octanol–water partition coefficient (Wildman–Crippen LogP) is 5.27. The van der Waals surface area contributed by atoms with Crippen LogP contribution in [0, 0.1) is 9.81 Å². The highest BCUT2D eigenvalue weighted by molar-refractivity contribution is 5.76. The average molecular weight is 442 g/mol. The van der Waals surface area contributed by atoms with E-state index in [9.17, 15) is 14.9 Å². The molecule has 1 aliphatic heterocycles. The lowest BCUT2D eigenvalue weighted by Crippen LogP contribution is -2.46. The van der Waals surface area contributed by atoms with E-state index in [0.717, 1.165) is 68.6 Å². The molecular weight excluding hydrogens is 406 g/mol. The SMILES string of the molecule is C=C/C=N\C=C(/C)c1ccc(NCCCCCCN2CCC(N=O)C[C@H]2CO)c(N=O)c1. The van der Waals surface area contributed by atoms with Gasteiger partial charge in [-0.3, -0.25) is 9.89 Å². The molecule has 0 spiro atoms. The predicted molar refractivity (Wildman–Crippen MR) is 132 cm³/mol. The minimum atomic E-state index is -0.153. The van der Waals surface area contributed by atoms with Gasteiger partial charge in [-0.25, -0.2) is 0 Å². The summed E-state index contributed by atoms with van der Waals surface area (Å²) in [5.41, 5.74) is 2.98. The second-order valence-electron chi connectivity index (χ2n) is 8.17. The molecular formula is C24H35N5O3. The lowest BCUT2D eigenvalue weighted by atomic mass is 9.98. The Balaban J connectivity index is 1.71. The van der Waals surface area contributed by atoms with E-state index < -0.39 is 0 Å². The van der Waals surface area contributed by atoms with Crippen LogP contribution in [0.3, 0.4) is 0 Å². The fraction of sp³-hybridized carbons (Fsp3) is 0.542. The zero-order valence-corrected chi connectivity index (χ0v) is 18.9. The minimum Gasteiger partial charge on any atom is -0.395 e. The molecule has 0 bridgehead atoms. The molecule has 2 rings (SSSR count). The number of anilines is 1. The van der Waals surface area contributed by atoms with Gasteiger partial charge in [-0.1, -0.05) is 36.7 Å². The molecule has 1 heterocycles. The molecule has 8 heteroatoms. The number of nitrogens with one attached hydrogen (secondary N) is 1. The number of likely N-dealkylation sites (tertiary alicyclic amines) is 1. The van der Waals surface area contributed by atoms with Gasteiger partial charge in [0.2, 0.25) is 0 Å². The minimum absolute atomic E-state index is 0.0534. The van der Waals surface area contributed by atoms with Crippen molar-refractivity contribution in [1.29, 1.82) is 0 Å². The number of hydrogen-bond acceptors (Lipinski definition) is 8. The Morgan fingerprint density at radius 2 is 2.09 bits per heavy atom. The van der Waals surface area contributed by atoms with Crippen LogP contribution in [0.15, 0.2) is 52.4 Å². The van der Waals surface area contributed by atoms with Gasteiger partial charge in [-0.05, 0) is 67.6 Å². The van der Waals surface area contributed by atoms with E-state index in [0.29, 0.717) is 12.1 Å². The van der Waals surface area contributed by atoms with Crippen LogP contribution in [-0.4, -0.2) is 54.5 Å². The highest BCUT2D eigenvalue weighted by atomic mass is 16.3. The Labute approximate surface area is 190 Å². The van der Waals surface area contributed by atoms with Gasteiger partial charge in [0, 0.05) is 31.5 Å². The summed E-state index contributed by atoms with van der Waals surface area (Å²) in [5, 5.41) is 19.2. The number of hydrogen-bond donors (Lipinski definition) is 2. The monoisotopic (exact) mass is 441 g/mol. The molecule has 0 radical (unpaired) electrons. The number of aliphatic hydroxyl groups is 1. The Morgan fingerprint density at radius 1 is 1.28 bits per heavy atom. The van der Waals surface area contributed by atoms with E-state index in [1.165, 1.54) is 0 Å². The zero-order valence-electron chi connectivity index (χ0n) is 18.9. The van der Waals surface area contributed by atoms with E-state index in [2.05, 4.69) is 32.1 Å². The Kier molecular flexibility index (Phi) is 11.5. The first-order chi connectivity index (χ1) is 15.6. The lowest BCUT2D eigenvalue weighted by molar-refractivity contribution is 0.0805. The first-order valence-electron chi connectivity index (χ1n) is 11.3. The van der Waals surface area contributed by atoms with Crippen molar-refractivity contribution < 1.29 is 5.11 Å². The van der Waals surface area contributed by atoms with Crippen LogP contribution in [-0.2, 0) is 0 Å². The third-order valence-corrected chi connectivity index (χ3v) is 5.87. The van der Waals surface area contributed by atoms with Crippen molar-refractivity contribution in [3.05, 3.63) is 52.4 Å². The number of rotatable bonds is 14. The van der Waals surface area contributed by atoms with Crippen molar-refractivity contribution >= 4 is 23.2 Å². The maximum absolute atomic E-state index is 11.3. The number of nitroso groups, excluding NO2 is 2. The van der Waals surface area contributed by atoms with Crippen LogP contribution in [0.1, 0.15) is 51.0 Å². The highest BCUT2D eigenvalue weighted by Crippen LogP contribution is 2.29. The van der Waals surface area contributed by atoms with Crippen LogP contribution in [0.4, 0.5) is 11.4 Å². The number of benzene rings is 1. The number of piperidine rings is 1. The number of aliphatic imine (C=N–C) groups is 1. The maximum Gasteiger partial charge on any atom is 0.131 e. The Morgan fingerprint density at radius 3 is 2.81 bits per heavy atom. The second kappa shape index (κ2) is 14.4. The van der Waals surface area contributed by atoms with E-state index in [1.54, 1.807) is 24.6 Å². The van der Waals surface area contributed by atoms with Gasteiger partial charge in [0.15, 0.2) is 0 Å². The quantitative estimate of drug-likeness (QED) is 0.232. The molecule has 0 saturated carbocycles. The maximum atomic E-state index is 11.3. The molecule has 1 aromatic rings. The number of unbranched alkanes of at least 4 members (excludes halogenated alkanes) is 3. The smallest absolute Gasteiger partial charge is 0.131 e. The van der Waals surface area contributed by atoms with Gasteiger partial charge in [-0.15, -0.1) is 4.91 Å². The molecule has 1 fully saturated rings. The summed E-state index contributed by atoms with van der Waals surface area (Å²) in [4.78, 5) is 28.4. The van der Waals surface area contributed by atoms with Crippen molar-refractivity contribution in [3.8, 4) is 0 Å². The van der Waals surface area contributed by atoms with Crippen LogP contribution < -0.4 is 5.32 Å². The van der Waals surface area contributed by atoms with Gasteiger partial charge >= 0.3 is 0 Å². The average Bonchev–Trinajstić information content (AvgIpc) is 2.83. The number of aliphatic hydroxyl groups excluding tert-OH is 1. The van der Waals surface area contributed by atoms with E-state index in [1.807, 2.05) is 19.1 Å². The molecule has 2 N–H and O–H groups in total. The molecule has 8 nitrogen and oxygen atoms in total. The normalized spacial score (nSPS) is 19.8. The van der Waals surface area contributed by atoms with Crippen molar-refractivity contribution in [3.63, 3.8) is 0 Å². The summed E-state index contributed by atoms with van der Waals surface area (Å²) in [6, 6.07) is 5.50. The summed E-state index contributed by atoms with van der Waals surface area (Å²) >= 11 is 0. The molecule has 0 amide bonds. The van der Waals surface area contributed by atoms with Crippen molar-refractivity contribution in [1.82, 2.24) is 4.90 Å².